The fourth-order valence-corrected chi connectivity index (χ4v) is 6.18. The molecule has 2 aromatic heterocycles. The molecule has 0 bridgehead atoms. The van der Waals surface area contributed by atoms with Crippen molar-refractivity contribution in [2.75, 3.05) is 22.4 Å². The van der Waals surface area contributed by atoms with E-state index in [1.54, 1.807) is 0 Å². The number of aromatic nitrogens is 4. The smallest absolute Gasteiger partial charge is 0.404 e. The van der Waals surface area contributed by atoms with Gasteiger partial charge in [0, 0.05) is 32.6 Å². The number of alkyl halides is 3. The van der Waals surface area contributed by atoms with Crippen LogP contribution in [0.25, 0.3) is 11.3 Å². The lowest BCUT2D eigenvalue weighted by molar-refractivity contribution is -0.106. The van der Waals surface area contributed by atoms with Gasteiger partial charge in [-0.1, -0.05) is 43.4 Å². The number of carbonyl (C=O) groups is 1. The summed E-state index contributed by atoms with van der Waals surface area (Å²) in [5.74, 6) is -3.61. The highest BCUT2D eigenvalue weighted by Crippen LogP contribution is 2.36. The van der Waals surface area contributed by atoms with E-state index in [1.165, 1.54) is 47.5 Å². The first-order valence-corrected chi connectivity index (χ1v) is 19.9. The number of primary amides is 1. The van der Waals surface area contributed by atoms with Crippen molar-refractivity contribution in [1.82, 2.24) is 19.7 Å². The zero-order valence-corrected chi connectivity index (χ0v) is 28.5. The van der Waals surface area contributed by atoms with Crippen LogP contribution in [0.1, 0.15) is 15.9 Å². The highest BCUT2D eigenvalue weighted by atomic mass is 35.5. The van der Waals surface area contributed by atoms with Gasteiger partial charge in [-0.25, -0.2) is 22.5 Å². The van der Waals surface area contributed by atoms with Gasteiger partial charge in [0.2, 0.25) is 10.0 Å². The molecule has 4 rings (SSSR count). The SMILES string of the molecule is C[Si](C)(C)CCOCn1nc(-c2ccc(NS(=O)(=O)CC(F)(F)F)c(OCc3ccc(F)c(Cl)c3)c2)c(C(N)=O)c1Nc1cnccn1. The summed E-state index contributed by atoms with van der Waals surface area (Å²) in [6.45, 7) is 6.58. The maximum atomic E-state index is 13.7. The summed E-state index contributed by atoms with van der Waals surface area (Å²) in [6, 6.07) is 8.32. The quantitative estimate of drug-likeness (QED) is 0.0738. The average molecular weight is 730 g/mol. The Hall–Kier alpha value is -4.26. The molecule has 0 fully saturated rings. The standard InChI is InChI=1S/C29H32ClF4N7O5SSi/c1-48(2,3)11-10-45-17-41-28(38-24-14-36-8-9-37-24)25(27(35)42)26(39-41)19-5-7-22(40-47(43,44)16-29(32,33)34)23(13-19)46-15-18-4-6-21(31)20(30)12-18/h4-9,12-14,40H,10-11,15-17H2,1-3H3,(H2,35,42)(H,37,38). The third-order valence-corrected chi connectivity index (χ3v) is 9.70. The van der Waals surface area contributed by atoms with Crippen LogP contribution in [0.4, 0.5) is 34.9 Å². The number of nitrogens with two attached hydrogens (primary N) is 1. The van der Waals surface area contributed by atoms with E-state index in [0.717, 1.165) is 18.2 Å². The molecular formula is C29H32ClF4N7O5SSi. The van der Waals surface area contributed by atoms with Crippen molar-refractivity contribution in [3.63, 3.8) is 0 Å². The van der Waals surface area contributed by atoms with Crippen LogP contribution in [-0.4, -0.2) is 60.7 Å². The summed E-state index contributed by atoms with van der Waals surface area (Å²) in [7, 11) is -6.37. The molecule has 1 amide bonds. The molecule has 2 heterocycles. The fraction of sp³-hybridized carbons (Fsp3) is 0.310. The molecule has 2 aromatic carbocycles. The molecule has 4 N–H and O–H groups in total. The first-order valence-electron chi connectivity index (χ1n) is 14.2. The first-order chi connectivity index (χ1) is 22.4. The van der Waals surface area contributed by atoms with Crippen LogP contribution in [0, 0.1) is 5.82 Å². The van der Waals surface area contributed by atoms with Gasteiger partial charge in [-0.05, 0) is 35.9 Å². The summed E-state index contributed by atoms with van der Waals surface area (Å²) in [6.07, 6.45) is -0.739. The Morgan fingerprint density at radius 2 is 1.88 bits per heavy atom. The van der Waals surface area contributed by atoms with Gasteiger partial charge in [0.25, 0.3) is 5.91 Å². The monoisotopic (exact) mass is 729 g/mol. The molecule has 0 saturated carbocycles. The maximum absolute atomic E-state index is 13.7. The van der Waals surface area contributed by atoms with Crippen molar-refractivity contribution >= 4 is 52.9 Å². The number of nitrogens with zero attached hydrogens (tertiary/aromatic N) is 4. The fourth-order valence-electron chi connectivity index (χ4n) is 4.22. The second-order valence-electron chi connectivity index (χ2n) is 11.7. The predicted octanol–water partition coefficient (Wildman–Crippen LogP) is 6.17. The summed E-state index contributed by atoms with van der Waals surface area (Å²) in [5, 5.41) is 7.34. The molecular weight excluding hydrogens is 698 g/mol. The molecule has 0 spiro atoms. The Morgan fingerprint density at radius 3 is 2.50 bits per heavy atom. The number of hydrogen-bond donors (Lipinski definition) is 3. The van der Waals surface area contributed by atoms with Crippen molar-refractivity contribution in [1.29, 1.82) is 0 Å². The largest absolute Gasteiger partial charge is 0.487 e. The zero-order chi connectivity index (χ0) is 35.3. The number of nitrogens with one attached hydrogen (secondary N) is 2. The molecule has 19 heteroatoms. The lowest BCUT2D eigenvalue weighted by Gasteiger charge is -2.16. The average Bonchev–Trinajstić information content (AvgIpc) is 3.33. The number of benzene rings is 2. The number of halogens is 5. The highest BCUT2D eigenvalue weighted by Gasteiger charge is 2.35. The molecule has 258 valence electrons. The Bertz CT molecular complexity index is 1870. The number of amides is 1. The second-order valence-corrected chi connectivity index (χ2v) is 19.5. The molecule has 48 heavy (non-hydrogen) atoms. The summed E-state index contributed by atoms with van der Waals surface area (Å²) in [4.78, 5) is 21.1. The van der Waals surface area contributed by atoms with E-state index in [2.05, 4.69) is 40.0 Å². The van der Waals surface area contributed by atoms with Crippen molar-refractivity contribution < 1.29 is 40.2 Å². The Morgan fingerprint density at radius 1 is 1.12 bits per heavy atom. The molecule has 0 aliphatic rings. The Labute approximate surface area is 279 Å². The van der Waals surface area contributed by atoms with E-state index < -0.39 is 41.8 Å². The lowest BCUT2D eigenvalue weighted by atomic mass is 10.1. The van der Waals surface area contributed by atoms with Crippen LogP contribution in [0.15, 0.2) is 55.0 Å². The molecule has 0 atom stereocenters. The van der Waals surface area contributed by atoms with Crippen LogP contribution >= 0.6 is 11.6 Å². The van der Waals surface area contributed by atoms with Crippen molar-refractivity contribution in [3.05, 3.63) is 77.0 Å². The lowest BCUT2D eigenvalue weighted by Crippen LogP contribution is -2.28. The van der Waals surface area contributed by atoms with E-state index in [1.807, 2.05) is 4.72 Å². The van der Waals surface area contributed by atoms with Crippen molar-refractivity contribution in [3.8, 4) is 17.0 Å². The number of sulfonamides is 1. The van der Waals surface area contributed by atoms with Gasteiger partial charge in [0.05, 0.1) is 16.9 Å². The van der Waals surface area contributed by atoms with Gasteiger partial charge in [-0.15, -0.1) is 0 Å². The third-order valence-electron chi connectivity index (χ3n) is 6.47. The number of hydrogen-bond acceptors (Lipinski definition) is 9. The molecule has 4 aromatic rings. The third kappa shape index (κ3) is 10.4. The van der Waals surface area contributed by atoms with E-state index in [9.17, 15) is 30.8 Å². The van der Waals surface area contributed by atoms with Crippen LogP contribution in [0.2, 0.25) is 30.7 Å². The molecule has 0 radical (unpaired) electrons. The number of ether oxygens (including phenoxy) is 2. The van der Waals surface area contributed by atoms with Gasteiger partial charge in [-0.3, -0.25) is 14.5 Å². The van der Waals surface area contributed by atoms with Gasteiger partial charge in [0.15, 0.2) is 5.75 Å². The van der Waals surface area contributed by atoms with Crippen LogP contribution in [-0.2, 0) is 28.1 Å². The van der Waals surface area contributed by atoms with Crippen LogP contribution < -0.4 is 20.5 Å². The number of anilines is 3. The minimum atomic E-state index is -5.02. The van der Waals surface area contributed by atoms with E-state index in [4.69, 9.17) is 26.8 Å². The molecule has 12 nitrogen and oxygen atoms in total. The van der Waals surface area contributed by atoms with E-state index >= 15 is 0 Å². The number of carbonyl (C=O) groups excluding carboxylic acids is 1. The summed E-state index contributed by atoms with van der Waals surface area (Å²) < 4.78 is 92.4. The maximum Gasteiger partial charge on any atom is 0.404 e. The molecule has 0 unspecified atom stereocenters. The predicted molar refractivity (Wildman–Crippen MR) is 175 cm³/mol. The topological polar surface area (TPSA) is 163 Å². The first kappa shape index (κ1) is 36.6. The van der Waals surface area contributed by atoms with Crippen LogP contribution in [0.3, 0.4) is 0 Å². The Balaban J connectivity index is 1.79. The second kappa shape index (κ2) is 14.9. The minimum Gasteiger partial charge on any atom is -0.487 e. The summed E-state index contributed by atoms with van der Waals surface area (Å²) >= 11 is 5.86. The van der Waals surface area contributed by atoms with E-state index in [0.29, 0.717) is 12.2 Å². The highest BCUT2D eigenvalue weighted by molar-refractivity contribution is 7.92. The van der Waals surface area contributed by atoms with Crippen molar-refractivity contribution in [2.45, 2.75) is 45.2 Å². The van der Waals surface area contributed by atoms with Crippen molar-refractivity contribution in [2.24, 2.45) is 5.73 Å². The zero-order valence-electron chi connectivity index (χ0n) is 25.9. The molecule has 0 saturated heterocycles. The number of rotatable bonds is 15. The normalized spacial score (nSPS) is 12.2. The molecule has 0 aliphatic carbocycles. The Kier molecular flexibility index (Phi) is 11.3. The minimum absolute atomic E-state index is 0.0158. The van der Waals surface area contributed by atoms with E-state index in [-0.39, 0.29) is 58.3 Å². The van der Waals surface area contributed by atoms with Gasteiger partial charge >= 0.3 is 6.18 Å². The van der Waals surface area contributed by atoms with Gasteiger partial charge in [0.1, 0.15) is 47.8 Å². The van der Waals surface area contributed by atoms with Crippen LogP contribution in [0.5, 0.6) is 5.75 Å². The summed E-state index contributed by atoms with van der Waals surface area (Å²) in [5.41, 5.74) is 5.94. The molecule has 0 aliphatic heterocycles. The van der Waals surface area contributed by atoms with Gasteiger partial charge in [-0.2, -0.15) is 18.3 Å². The van der Waals surface area contributed by atoms with Gasteiger partial charge < -0.3 is 20.5 Å².